The molecule has 1 atom stereocenters. The van der Waals surface area contributed by atoms with Gasteiger partial charge in [0, 0.05) is 0 Å². The number of ether oxygens (including phenoxy) is 2. The average Bonchev–Trinajstić information content (AvgIpc) is 2.15. The molecule has 2 nitrogen and oxygen atoms in total. The van der Waals surface area contributed by atoms with Gasteiger partial charge in [0.2, 0.25) is 0 Å². The minimum absolute atomic E-state index is 0.0335. The Labute approximate surface area is 92.0 Å². The molecule has 1 radical (unpaired) electrons. The molecule has 0 N–H and O–H groups in total. The first-order valence-electron chi connectivity index (χ1n) is 4.60. The first-order valence-corrected chi connectivity index (χ1v) is 4.60. The summed E-state index contributed by atoms with van der Waals surface area (Å²) in [6.07, 6.45) is -4.72. The van der Waals surface area contributed by atoms with Crippen molar-refractivity contribution in [2.45, 2.75) is 19.2 Å². The van der Waals surface area contributed by atoms with Crippen molar-refractivity contribution < 1.29 is 22.6 Å². The van der Waals surface area contributed by atoms with E-state index in [1.165, 1.54) is 25.3 Å². The Morgan fingerprint density at radius 1 is 1.25 bits per heavy atom. The largest absolute Gasteiger partial charge is 0.573 e. The lowest BCUT2D eigenvalue weighted by molar-refractivity contribution is -0.275. The fraction of sp³-hybridized carbons (Fsp3) is 0.364. The number of hydrogen-bond donors (Lipinski definition) is 0. The van der Waals surface area contributed by atoms with Crippen LogP contribution in [0.3, 0.4) is 0 Å². The third-order valence-corrected chi connectivity index (χ3v) is 1.98. The smallest absolute Gasteiger partial charge is 0.493 e. The topological polar surface area (TPSA) is 18.5 Å². The molecule has 89 valence electrons. The van der Waals surface area contributed by atoms with E-state index in [0.29, 0.717) is 0 Å². The molecule has 0 bridgehead atoms. The number of methoxy groups -OCH3 is 1. The van der Waals surface area contributed by atoms with Crippen molar-refractivity contribution in [2.75, 3.05) is 7.11 Å². The van der Waals surface area contributed by atoms with Gasteiger partial charge in [0.1, 0.15) is 0 Å². The van der Waals surface area contributed by atoms with E-state index in [1.54, 1.807) is 0 Å². The van der Waals surface area contributed by atoms with Gasteiger partial charge in [-0.1, -0.05) is 13.0 Å². The van der Waals surface area contributed by atoms with Crippen LogP contribution in [-0.2, 0) is 0 Å². The van der Waals surface area contributed by atoms with Gasteiger partial charge < -0.3 is 9.47 Å². The Morgan fingerprint density at radius 3 is 2.31 bits per heavy atom. The van der Waals surface area contributed by atoms with E-state index in [9.17, 15) is 13.2 Å². The summed E-state index contributed by atoms with van der Waals surface area (Å²) in [6, 6.07) is 4.24. The number of rotatable bonds is 3. The molecule has 16 heavy (non-hydrogen) atoms. The molecule has 1 unspecified atom stereocenters. The zero-order valence-electron chi connectivity index (χ0n) is 8.97. The Bertz CT molecular complexity index is 359. The van der Waals surface area contributed by atoms with Crippen molar-refractivity contribution in [3.63, 3.8) is 0 Å². The van der Waals surface area contributed by atoms with E-state index < -0.39 is 6.36 Å². The van der Waals surface area contributed by atoms with E-state index >= 15 is 0 Å². The summed E-state index contributed by atoms with van der Waals surface area (Å²) < 4.78 is 44.7. The highest BCUT2D eigenvalue weighted by Gasteiger charge is 2.32. The molecule has 0 fully saturated rings. The molecule has 0 saturated carbocycles. The predicted octanol–water partition coefficient (Wildman–Crippen LogP) is 3.53. The van der Waals surface area contributed by atoms with E-state index in [4.69, 9.17) is 4.74 Å². The lowest BCUT2D eigenvalue weighted by Gasteiger charge is -2.14. The van der Waals surface area contributed by atoms with Crippen molar-refractivity contribution in [2.24, 2.45) is 0 Å². The highest BCUT2D eigenvalue weighted by Crippen LogP contribution is 2.34. The van der Waals surface area contributed by atoms with Crippen molar-refractivity contribution in [1.82, 2.24) is 0 Å². The van der Waals surface area contributed by atoms with Crippen LogP contribution in [0.1, 0.15) is 18.4 Å². The van der Waals surface area contributed by atoms with Crippen LogP contribution in [0.4, 0.5) is 13.2 Å². The normalized spacial score (nSPS) is 11.7. The predicted molar refractivity (Wildman–Crippen MR) is 53.4 cm³/mol. The Hall–Kier alpha value is -1.39. The molecular formula is C11H12F3O2. The molecular weight excluding hydrogens is 221 g/mol. The second-order valence-corrected chi connectivity index (χ2v) is 3.36. The van der Waals surface area contributed by atoms with Gasteiger partial charge in [-0.2, -0.15) is 0 Å². The molecule has 1 aromatic rings. The van der Waals surface area contributed by atoms with Gasteiger partial charge in [-0.25, -0.2) is 0 Å². The second-order valence-electron chi connectivity index (χ2n) is 3.36. The Morgan fingerprint density at radius 2 is 1.88 bits per heavy atom. The van der Waals surface area contributed by atoms with E-state index in [-0.39, 0.29) is 17.4 Å². The monoisotopic (exact) mass is 233 g/mol. The van der Waals surface area contributed by atoms with Crippen LogP contribution >= 0.6 is 0 Å². The Kier molecular flexibility index (Phi) is 3.67. The lowest BCUT2D eigenvalue weighted by atomic mass is 10.0. The van der Waals surface area contributed by atoms with Gasteiger partial charge in [0.05, 0.1) is 7.11 Å². The van der Waals surface area contributed by atoms with E-state index in [1.807, 2.05) is 6.92 Å². The molecule has 1 aromatic carbocycles. The molecule has 0 aliphatic heterocycles. The van der Waals surface area contributed by atoms with Crippen molar-refractivity contribution in [3.8, 4) is 11.5 Å². The summed E-state index contributed by atoms with van der Waals surface area (Å²) in [5.74, 6) is -0.335. The number of halogens is 3. The zero-order chi connectivity index (χ0) is 12.3. The van der Waals surface area contributed by atoms with Gasteiger partial charge in [-0.15, -0.1) is 13.2 Å². The SMILES string of the molecule is [CH2]C(C)c1ccc(OC(F)(F)F)c(OC)c1. The Balaban J connectivity index is 3.02. The summed E-state index contributed by atoms with van der Waals surface area (Å²) in [7, 11) is 1.29. The van der Waals surface area contributed by atoms with Crippen molar-refractivity contribution >= 4 is 0 Å². The maximum Gasteiger partial charge on any atom is 0.573 e. The zero-order valence-corrected chi connectivity index (χ0v) is 8.97. The summed E-state index contributed by atoms with van der Waals surface area (Å²) in [4.78, 5) is 0. The highest BCUT2D eigenvalue weighted by molar-refractivity contribution is 5.44. The fourth-order valence-corrected chi connectivity index (χ4v) is 1.20. The fourth-order valence-electron chi connectivity index (χ4n) is 1.20. The standard InChI is InChI=1S/C11H12F3O2/c1-7(2)8-4-5-9(10(6-8)15-3)16-11(12,13)14/h4-7H,1H2,2-3H3. The molecule has 0 aromatic heterocycles. The van der Waals surface area contributed by atoms with Crippen LogP contribution in [0.25, 0.3) is 0 Å². The molecule has 0 aliphatic carbocycles. The van der Waals surface area contributed by atoms with Gasteiger partial charge in [-0.3, -0.25) is 0 Å². The van der Waals surface area contributed by atoms with Gasteiger partial charge >= 0.3 is 6.36 Å². The van der Waals surface area contributed by atoms with E-state index in [0.717, 1.165) is 5.56 Å². The van der Waals surface area contributed by atoms with Crippen LogP contribution in [-0.4, -0.2) is 13.5 Å². The van der Waals surface area contributed by atoms with Gasteiger partial charge in [0.15, 0.2) is 11.5 Å². The van der Waals surface area contributed by atoms with Gasteiger partial charge in [-0.05, 0) is 30.5 Å². The minimum atomic E-state index is -4.72. The summed E-state index contributed by atoms with van der Waals surface area (Å²) in [6.45, 7) is 5.60. The molecule has 5 heteroatoms. The maximum absolute atomic E-state index is 12.0. The summed E-state index contributed by atoms with van der Waals surface area (Å²) in [5, 5.41) is 0. The summed E-state index contributed by atoms with van der Waals surface area (Å²) in [5.41, 5.74) is 0.784. The van der Waals surface area contributed by atoms with Gasteiger partial charge in [0.25, 0.3) is 0 Å². The van der Waals surface area contributed by atoms with Crippen LogP contribution < -0.4 is 9.47 Å². The minimum Gasteiger partial charge on any atom is -0.493 e. The molecule has 1 rings (SSSR count). The van der Waals surface area contributed by atoms with Crippen LogP contribution in [0.15, 0.2) is 18.2 Å². The van der Waals surface area contributed by atoms with Crippen molar-refractivity contribution in [3.05, 3.63) is 30.7 Å². The van der Waals surface area contributed by atoms with Crippen molar-refractivity contribution in [1.29, 1.82) is 0 Å². The molecule has 0 amide bonds. The summed E-state index contributed by atoms with van der Waals surface area (Å²) >= 11 is 0. The lowest BCUT2D eigenvalue weighted by Crippen LogP contribution is -2.17. The highest BCUT2D eigenvalue weighted by atomic mass is 19.4. The first-order chi connectivity index (χ1) is 7.33. The third-order valence-electron chi connectivity index (χ3n) is 1.98. The van der Waals surface area contributed by atoms with E-state index in [2.05, 4.69) is 11.7 Å². The number of benzene rings is 1. The maximum atomic E-state index is 12.0. The quantitative estimate of drug-likeness (QED) is 0.795. The average molecular weight is 233 g/mol. The van der Waals surface area contributed by atoms with Crippen LogP contribution in [0.5, 0.6) is 11.5 Å². The molecule has 0 saturated heterocycles. The molecule has 0 spiro atoms. The number of hydrogen-bond acceptors (Lipinski definition) is 2. The molecule has 0 heterocycles. The first kappa shape index (κ1) is 12.7. The third kappa shape index (κ3) is 3.32. The second kappa shape index (κ2) is 4.63. The molecule has 0 aliphatic rings. The van der Waals surface area contributed by atoms with Crippen LogP contribution in [0.2, 0.25) is 0 Å². The number of alkyl halides is 3. The van der Waals surface area contributed by atoms with Crippen LogP contribution in [0, 0.1) is 6.92 Å².